The maximum absolute atomic E-state index is 12.1. The third-order valence-corrected chi connectivity index (χ3v) is 5.21. The third kappa shape index (κ3) is 4.19. The average molecular weight is 379 g/mol. The van der Waals surface area contributed by atoms with Crippen LogP contribution in [0.2, 0.25) is 9.36 Å². The fourth-order valence-electron chi connectivity index (χ4n) is 1.59. The molecule has 0 saturated carbocycles. The number of hydrogen-bond donors (Lipinski definition) is 1. The maximum Gasteiger partial charge on any atom is 0.360 e. The topological polar surface area (TPSA) is 68.3 Å². The Kier molecular flexibility index (Phi) is 6.19. The Morgan fingerprint density at radius 3 is 2.77 bits per heavy atom. The number of aromatic nitrogens is 1. The van der Waals surface area contributed by atoms with Crippen LogP contribution in [-0.4, -0.2) is 22.4 Å². The minimum atomic E-state index is -0.899. The van der Waals surface area contributed by atoms with Gasteiger partial charge in [0, 0.05) is 4.88 Å². The van der Waals surface area contributed by atoms with Crippen molar-refractivity contribution in [1.82, 2.24) is 9.69 Å². The maximum atomic E-state index is 12.1. The summed E-state index contributed by atoms with van der Waals surface area (Å²) in [5.74, 6) is -1.12. The van der Waals surface area contributed by atoms with E-state index in [2.05, 4.69) is 9.69 Å². The number of thiophene rings is 1. The minimum Gasteiger partial charge on any atom is -0.447 e. The van der Waals surface area contributed by atoms with Crippen molar-refractivity contribution in [2.45, 2.75) is 26.0 Å². The molecule has 9 heteroatoms. The molecule has 2 rings (SSSR count). The number of ether oxygens (including phenoxy) is 1. The monoisotopic (exact) mass is 378 g/mol. The molecular formula is C13H12Cl2N2O3S2. The summed E-state index contributed by atoms with van der Waals surface area (Å²) in [6.07, 6.45) is -0.554. The lowest BCUT2D eigenvalue weighted by Crippen LogP contribution is -2.37. The molecule has 2 aromatic heterocycles. The lowest BCUT2D eigenvalue weighted by atomic mass is 10.2. The van der Waals surface area contributed by atoms with Crippen LogP contribution in [0.15, 0.2) is 17.5 Å². The first-order chi connectivity index (χ1) is 10.5. The van der Waals surface area contributed by atoms with E-state index in [1.165, 1.54) is 11.3 Å². The molecule has 0 spiro atoms. The highest BCUT2D eigenvalue weighted by atomic mass is 35.5. The van der Waals surface area contributed by atoms with E-state index in [-0.39, 0.29) is 21.0 Å². The summed E-state index contributed by atoms with van der Waals surface area (Å²) < 4.78 is 9.20. The van der Waals surface area contributed by atoms with Crippen molar-refractivity contribution < 1.29 is 14.3 Å². The molecule has 0 aliphatic carbocycles. The number of nitrogens with one attached hydrogen (secondary N) is 1. The number of nitrogens with zero attached hydrogens (tertiary/aromatic N) is 1. The molecule has 1 atom stereocenters. The van der Waals surface area contributed by atoms with Crippen molar-refractivity contribution in [2.75, 3.05) is 0 Å². The number of carbonyl (C=O) groups is 2. The van der Waals surface area contributed by atoms with Gasteiger partial charge < -0.3 is 10.1 Å². The third-order valence-electron chi connectivity index (χ3n) is 2.72. The largest absolute Gasteiger partial charge is 0.447 e. The van der Waals surface area contributed by atoms with Gasteiger partial charge >= 0.3 is 5.97 Å². The number of halogens is 2. The molecule has 0 saturated heterocycles. The molecular weight excluding hydrogens is 367 g/mol. The fraction of sp³-hybridized carbons (Fsp3) is 0.308. The second-order valence-electron chi connectivity index (χ2n) is 4.22. The van der Waals surface area contributed by atoms with Crippen LogP contribution in [0.3, 0.4) is 0 Å². The van der Waals surface area contributed by atoms with E-state index in [1.807, 2.05) is 17.5 Å². The van der Waals surface area contributed by atoms with Crippen LogP contribution in [0.5, 0.6) is 0 Å². The zero-order valence-corrected chi connectivity index (χ0v) is 14.6. The van der Waals surface area contributed by atoms with Crippen molar-refractivity contribution in [3.63, 3.8) is 0 Å². The van der Waals surface area contributed by atoms with Crippen LogP contribution < -0.4 is 5.32 Å². The highest BCUT2D eigenvalue weighted by Crippen LogP contribution is 2.30. The lowest BCUT2D eigenvalue weighted by molar-refractivity contribution is -0.130. The molecule has 22 heavy (non-hydrogen) atoms. The molecule has 0 fully saturated rings. The van der Waals surface area contributed by atoms with E-state index in [9.17, 15) is 9.59 Å². The first-order valence-corrected chi connectivity index (χ1v) is 8.75. The standard InChI is InChI=1S/C13H12Cl2N2O3S2/c1-2-8(12(18)16-6-7-4-3-5-21-7)20-13(19)10-9(14)11(15)22-17-10/h3-5,8H,2,6H2,1H3,(H,16,18)/t8-/m0/s1. The van der Waals surface area contributed by atoms with Gasteiger partial charge in [0.25, 0.3) is 5.91 Å². The SMILES string of the molecule is CC[C@H](OC(=O)c1nsc(Cl)c1Cl)C(=O)NCc1cccs1. The van der Waals surface area contributed by atoms with Gasteiger partial charge in [-0.25, -0.2) is 4.79 Å². The van der Waals surface area contributed by atoms with E-state index >= 15 is 0 Å². The van der Waals surface area contributed by atoms with Crippen molar-refractivity contribution in [1.29, 1.82) is 0 Å². The predicted molar refractivity (Wildman–Crippen MR) is 87.8 cm³/mol. The molecule has 118 valence electrons. The Morgan fingerprint density at radius 1 is 1.45 bits per heavy atom. The molecule has 2 aromatic rings. The van der Waals surface area contributed by atoms with Crippen LogP contribution >= 0.6 is 46.1 Å². The van der Waals surface area contributed by atoms with Gasteiger partial charge in [0.1, 0.15) is 9.36 Å². The van der Waals surface area contributed by atoms with Crippen molar-refractivity contribution in [2.24, 2.45) is 0 Å². The number of hydrogen-bond acceptors (Lipinski definition) is 6. The second-order valence-corrected chi connectivity index (χ2v) is 7.00. The molecule has 0 aromatic carbocycles. The Labute approximate surface area is 145 Å². The van der Waals surface area contributed by atoms with E-state index < -0.39 is 12.1 Å². The first kappa shape index (κ1) is 17.2. The Hall–Kier alpha value is -1.15. The molecule has 0 bridgehead atoms. The predicted octanol–water partition coefficient (Wildman–Crippen LogP) is 3.76. The molecule has 1 N–H and O–H groups in total. The highest BCUT2D eigenvalue weighted by molar-refractivity contribution is 7.11. The smallest absolute Gasteiger partial charge is 0.360 e. The molecule has 0 unspecified atom stereocenters. The Morgan fingerprint density at radius 2 is 2.23 bits per heavy atom. The van der Waals surface area contributed by atoms with Gasteiger partial charge in [-0.1, -0.05) is 36.2 Å². The van der Waals surface area contributed by atoms with Crippen LogP contribution in [0.25, 0.3) is 0 Å². The first-order valence-electron chi connectivity index (χ1n) is 6.34. The number of amides is 1. The zero-order valence-electron chi connectivity index (χ0n) is 11.5. The molecule has 0 radical (unpaired) electrons. The van der Waals surface area contributed by atoms with Crippen LogP contribution in [0, 0.1) is 0 Å². The number of rotatable bonds is 6. The number of esters is 1. The van der Waals surface area contributed by atoms with Gasteiger partial charge in [0.15, 0.2) is 11.8 Å². The Bertz CT molecular complexity index is 658. The highest BCUT2D eigenvalue weighted by Gasteiger charge is 2.25. The molecule has 1 amide bonds. The van der Waals surface area contributed by atoms with Crippen molar-refractivity contribution in [3.05, 3.63) is 37.4 Å². The summed E-state index contributed by atoms with van der Waals surface area (Å²) in [7, 11) is 0. The van der Waals surface area contributed by atoms with Crippen LogP contribution in [-0.2, 0) is 16.1 Å². The van der Waals surface area contributed by atoms with Gasteiger partial charge in [-0.3, -0.25) is 4.79 Å². The normalized spacial score (nSPS) is 12.0. The van der Waals surface area contributed by atoms with Gasteiger partial charge in [0.05, 0.1) is 6.54 Å². The van der Waals surface area contributed by atoms with Crippen molar-refractivity contribution >= 4 is 57.9 Å². The summed E-state index contributed by atoms with van der Waals surface area (Å²) in [5, 5.41) is 4.70. The average Bonchev–Trinajstić information content (AvgIpc) is 3.13. The summed E-state index contributed by atoms with van der Waals surface area (Å²) in [4.78, 5) is 25.1. The van der Waals surface area contributed by atoms with Gasteiger partial charge in [-0.15, -0.1) is 11.3 Å². The van der Waals surface area contributed by atoms with Gasteiger partial charge in [0.2, 0.25) is 0 Å². The van der Waals surface area contributed by atoms with E-state index in [1.54, 1.807) is 6.92 Å². The fourth-order valence-corrected chi connectivity index (χ4v) is 3.22. The van der Waals surface area contributed by atoms with E-state index in [4.69, 9.17) is 27.9 Å². The van der Waals surface area contributed by atoms with Crippen LogP contribution in [0.1, 0.15) is 28.7 Å². The summed E-state index contributed by atoms with van der Waals surface area (Å²) in [5.41, 5.74) is -0.0684. The quantitative estimate of drug-likeness (QED) is 0.776. The van der Waals surface area contributed by atoms with Crippen LogP contribution in [0.4, 0.5) is 0 Å². The Balaban J connectivity index is 1.94. The molecule has 2 heterocycles. The van der Waals surface area contributed by atoms with Gasteiger partial charge in [-0.2, -0.15) is 4.37 Å². The second kappa shape index (κ2) is 7.92. The molecule has 0 aliphatic rings. The molecule has 5 nitrogen and oxygen atoms in total. The lowest BCUT2D eigenvalue weighted by Gasteiger charge is -2.15. The summed E-state index contributed by atoms with van der Waals surface area (Å²) >= 11 is 14.0. The zero-order chi connectivity index (χ0) is 16.1. The van der Waals surface area contributed by atoms with E-state index in [0.717, 1.165) is 16.4 Å². The summed E-state index contributed by atoms with van der Waals surface area (Å²) in [6.45, 7) is 2.14. The van der Waals surface area contributed by atoms with E-state index in [0.29, 0.717) is 13.0 Å². The number of carbonyl (C=O) groups excluding carboxylic acids is 2. The van der Waals surface area contributed by atoms with Gasteiger partial charge in [-0.05, 0) is 29.4 Å². The van der Waals surface area contributed by atoms with Crippen molar-refractivity contribution in [3.8, 4) is 0 Å². The molecule has 0 aliphatic heterocycles. The minimum absolute atomic E-state index is 0.0468. The summed E-state index contributed by atoms with van der Waals surface area (Å²) in [6, 6.07) is 3.81.